The molecule has 118 valence electrons. The highest BCUT2D eigenvalue weighted by Crippen LogP contribution is 2.31. The van der Waals surface area contributed by atoms with Gasteiger partial charge in [-0.2, -0.15) is 0 Å². The fourth-order valence-corrected chi connectivity index (χ4v) is 2.70. The largest absolute Gasteiger partial charge is 0.493 e. The summed E-state index contributed by atoms with van der Waals surface area (Å²) in [5.74, 6) is 0.0873. The average molecular weight is 318 g/mol. The number of hydrogen-bond acceptors (Lipinski definition) is 6. The summed E-state index contributed by atoms with van der Waals surface area (Å²) in [5, 5.41) is 15.7. The molecule has 1 aromatic rings. The summed E-state index contributed by atoms with van der Waals surface area (Å²) < 4.78 is 32.7. The quantitative estimate of drug-likeness (QED) is 0.569. The van der Waals surface area contributed by atoms with Gasteiger partial charge in [-0.05, 0) is 12.5 Å². The van der Waals surface area contributed by atoms with E-state index in [1.807, 2.05) is 6.92 Å². The Morgan fingerprint density at radius 3 is 2.52 bits per heavy atom. The molecule has 0 bridgehead atoms. The van der Waals surface area contributed by atoms with Crippen molar-refractivity contribution in [1.29, 1.82) is 0 Å². The lowest BCUT2D eigenvalue weighted by Gasteiger charge is -2.16. The van der Waals surface area contributed by atoms with Crippen molar-refractivity contribution in [3.63, 3.8) is 0 Å². The SMILES string of the molecule is CCC(COc1ccc([N+](=O)[O-])cc1OC)CS(N)(=O)=O. The van der Waals surface area contributed by atoms with E-state index in [1.165, 1.54) is 25.3 Å². The van der Waals surface area contributed by atoms with E-state index in [0.29, 0.717) is 12.2 Å². The molecule has 0 fully saturated rings. The number of primary sulfonamides is 1. The normalized spacial score (nSPS) is 12.7. The van der Waals surface area contributed by atoms with Crippen LogP contribution in [0.5, 0.6) is 11.5 Å². The van der Waals surface area contributed by atoms with Gasteiger partial charge in [-0.25, -0.2) is 13.6 Å². The molecule has 0 saturated carbocycles. The average Bonchev–Trinajstić information content (AvgIpc) is 2.41. The van der Waals surface area contributed by atoms with E-state index in [4.69, 9.17) is 14.6 Å². The Bertz CT molecular complexity index is 602. The van der Waals surface area contributed by atoms with Crippen molar-refractivity contribution < 1.29 is 22.8 Å². The van der Waals surface area contributed by atoms with Crippen molar-refractivity contribution in [2.45, 2.75) is 13.3 Å². The summed E-state index contributed by atoms with van der Waals surface area (Å²) in [6, 6.07) is 3.95. The first-order chi connectivity index (χ1) is 9.76. The lowest BCUT2D eigenvalue weighted by Crippen LogP contribution is -2.26. The third-order valence-electron chi connectivity index (χ3n) is 2.88. The number of nitro benzene ring substituents is 1. The number of methoxy groups -OCH3 is 1. The third-order valence-corrected chi connectivity index (χ3v) is 3.81. The molecular weight excluding hydrogens is 300 g/mol. The number of sulfonamides is 1. The molecule has 0 aliphatic rings. The van der Waals surface area contributed by atoms with E-state index in [0.717, 1.165) is 0 Å². The zero-order valence-electron chi connectivity index (χ0n) is 11.8. The summed E-state index contributed by atoms with van der Waals surface area (Å²) in [4.78, 5) is 10.1. The Balaban J connectivity index is 2.80. The number of ether oxygens (including phenoxy) is 2. The summed E-state index contributed by atoms with van der Waals surface area (Å²) >= 11 is 0. The van der Waals surface area contributed by atoms with Crippen molar-refractivity contribution in [3.8, 4) is 11.5 Å². The molecule has 2 N–H and O–H groups in total. The van der Waals surface area contributed by atoms with E-state index in [-0.39, 0.29) is 29.7 Å². The molecule has 0 aliphatic carbocycles. The van der Waals surface area contributed by atoms with Crippen LogP contribution in [0.4, 0.5) is 5.69 Å². The maximum atomic E-state index is 11.1. The van der Waals surface area contributed by atoms with Crippen molar-refractivity contribution in [3.05, 3.63) is 28.3 Å². The van der Waals surface area contributed by atoms with E-state index in [1.54, 1.807) is 0 Å². The van der Waals surface area contributed by atoms with Crippen LogP contribution in [-0.4, -0.2) is 32.8 Å². The van der Waals surface area contributed by atoms with Crippen molar-refractivity contribution in [2.75, 3.05) is 19.5 Å². The second-order valence-corrected chi connectivity index (χ2v) is 6.17. The topological polar surface area (TPSA) is 122 Å². The Kier molecular flexibility index (Phi) is 5.91. The van der Waals surface area contributed by atoms with Crippen LogP contribution in [0.15, 0.2) is 18.2 Å². The molecule has 1 rings (SSSR count). The molecule has 0 saturated heterocycles. The fraction of sp³-hybridized carbons (Fsp3) is 0.500. The summed E-state index contributed by atoms with van der Waals surface area (Å²) in [6.07, 6.45) is 0.575. The van der Waals surface area contributed by atoms with Gasteiger partial charge >= 0.3 is 0 Å². The van der Waals surface area contributed by atoms with Gasteiger partial charge in [-0.3, -0.25) is 10.1 Å². The van der Waals surface area contributed by atoms with Gasteiger partial charge in [-0.15, -0.1) is 0 Å². The zero-order chi connectivity index (χ0) is 16.0. The van der Waals surface area contributed by atoms with Gasteiger partial charge in [0.25, 0.3) is 5.69 Å². The number of non-ortho nitro benzene ring substituents is 1. The molecule has 21 heavy (non-hydrogen) atoms. The van der Waals surface area contributed by atoms with Gasteiger partial charge in [0, 0.05) is 12.0 Å². The number of benzene rings is 1. The fourth-order valence-electron chi connectivity index (χ4n) is 1.71. The highest BCUT2D eigenvalue weighted by Gasteiger charge is 2.17. The van der Waals surface area contributed by atoms with Crippen LogP contribution in [0.2, 0.25) is 0 Å². The van der Waals surface area contributed by atoms with Crippen LogP contribution >= 0.6 is 0 Å². The van der Waals surface area contributed by atoms with Gasteiger partial charge in [-0.1, -0.05) is 6.92 Å². The van der Waals surface area contributed by atoms with Crippen molar-refractivity contribution in [2.24, 2.45) is 11.1 Å². The molecule has 1 aromatic carbocycles. The van der Waals surface area contributed by atoms with Gasteiger partial charge < -0.3 is 9.47 Å². The second-order valence-electron chi connectivity index (χ2n) is 4.51. The van der Waals surface area contributed by atoms with Gasteiger partial charge in [0.05, 0.1) is 30.5 Å². The summed E-state index contributed by atoms with van der Waals surface area (Å²) in [6.45, 7) is 1.95. The molecule has 9 heteroatoms. The molecule has 1 atom stereocenters. The molecule has 0 aliphatic heterocycles. The van der Waals surface area contributed by atoms with E-state index in [9.17, 15) is 18.5 Å². The standard InChI is InChI=1S/C12H18N2O6S/c1-3-9(8-21(13,17)18)7-20-11-5-4-10(14(15)16)6-12(11)19-2/h4-6,9H,3,7-8H2,1-2H3,(H2,13,17,18). The number of hydrogen-bond donors (Lipinski definition) is 1. The van der Waals surface area contributed by atoms with Gasteiger partial charge in [0.1, 0.15) is 0 Å². The summed E-state index contributed by atoms with van der Waals surface area (Å²) in [5.41, 5.74) is -0.115. The van der Waals surface area contributed by atoms with Gasteiger partial charge in [0.15, 0.2) is 11.5 Å². The molecule has 0 amide bonds. The number of rotatable bonds is 8. The Labute approximate surface area is 123 Å². The lowest BCUT2D eigenvalue weighted by atomic mass is 10.1. The smallest absolute Gasteiger partial charge is 0.273 e. The van der Waals surface area contributed by atoms with Crippen LogP contribution in [0.1, 0.15) is 13.3 Å². The third kappa shape index (κ3) is 5.56. The molecule has 0 heterocycles. The molecule has 8 nitrogen and oxygen atoms in total. The summed E-state index contributed by atoms with van der Waals surface area (Å²) in [7, 11) is -2.21. The Morgan fingerprint density at radius 1 is 1.38 bits per heavy atom. The minimum Gasteiger partial charge on any atom is -0.493 e. The van der Waals surface area contributed by atoms with E-state index in [2.05, 4.69) is 0 Å². The van der Waals surface area contributed by atoms with Crippen LogP contribution in [0, 0.1) is 16.0 Å². The molecular formula is C12H18N2O6S. The van der Waals surface area contributed by atoms with Crippen LogP contribution in [0.3, 0.4) is 0 Å². The number of nitrogens with two attached hydrogens (primary N) is 1. The van der Waals surface area contributed by atoms with Crippen molar-refractivity contribution in [1.82, 2.24) is 0 Å². The first kappa shape index (κ1) is 17.2. The highest BCUT2D eigenvalue weighted by molar-refractivity contribution is 7.89. The minimum absolute atomic E-state index is 0.115. The molecule has 0 aromatic heterocycles. The molecule has 0 radical (unpaired) electrons. The Morgan fingerprint density at radius 2 is 2.05 bits per heavy atom. The first-order valence-electron chi connectivity index (χ1n) is 6.22. The van der Waals surface area contributed by atoms with Crippen LogP contribution < -0.4 is 14.6 Å². The van der Waals surface area contributed by atoms with Crippen LogP contribution in [0.25, 0.3) is 0 Å². The second kappa shape index (κ2) is 7.23. The molecule has 1 unspecified atom stereocenters. The lowest BCUT2D eigenvalue weighted by molar-refractivity contribution is -0.385. The van der Waals surface area contributed by atoms with Crippen molar-refractivity contribution >= 4 is 15.7 Å². The number of nitrogens with zero attached hydrogens (tertiary/aromatic N) is 1. The van der Waals surface area contributed by atoms with Crippen LogP contribution in [-0.2, 0) is 10.0 Å². The van der Waals surface area contributed by atoms with E-state index >= 15 is 0 Å². The minimum atomic E-state index is -3.57. The molecule has 0 spiro atoms. The maximum absolute atomic E-state index is 11.1. The van der Waals surface area contributed by atoms with E-state index < -0.39 is 14.9 Å². The zero-order valence-corrected chi connectivity index (χ0v) is 12.6. The predicted octanol–water partition coefficient (Wildman–Crippen LogP) is 1.30. The monoisotopic (exact) mass is 318 g/mol. The Hall–Kier alpha value is -1.87. The predicted molar refractivity (Wildman–Crippen MR) is 76.9 cm³/mol. The number of nitro groups is 1. The maximum Gasteiger partial charge on any atom is 0.273 e. The first-order valence-corrected chi connectivity index (χ1v) is 7.94. The highest BCUT2D eigenvalue weighted by atomic mass is 32.2. The van der Waals surface area contributed by atoms with Gasteiger partial charge in [0.2, 0.25) is 10.0 Å².